The van der Waals surface area contributed by atoms with Crippen LogP contribution < -0.4 is 5.73 Å². The first-order valence-corrected chi connectivity index (χ1v) is 5.05. The van der Waals surface area contributed by atoms with Crippen LogP contribution in [0, 0.1) is 17.3 Å². The lowest BCUT2D eigenvalue weighted by atomic mass is 9.48. The van der Waals surface area contributed by atoms with Crippen molar-refractivity contribution in [1.82, 2.24) is 0 Å². The van der Waals surface area contributed by atoms with Gasteiger partial charge in [-0.2, -0.15) is 0 Å². The fourth-order valence-electron chi connectivity index (χ4n) is 2.92. The summed E-state index contributed by atoms with van der Waals surface area (Å²) in [6.07, 6.45) is 6.30. The van der Waals surface area contributed by atoms with Gasteiger partial charge >= 0.3 is 0 Å². The van der Waals surface area contributed by atoms with E-state index in [9.17, 15) is 0 Å². The molecule has 3 aliphatic carbocycles. The van der Waals surface area contributed by atoms with Crippen molar-refractivity contribution in [3.05, 3.63) is 11.6 Å². The topological polar surface area (TPSA) is 26.0 Å². The maximum absolute atomic E-state index is 5.59. The number of hydrogen-bond donors (Lipinski definition) is 1. The second kappa shape index (κ2) is 2.59. The zero-order valence-electron chi connectivity index (χ0n) is 8.14. The summed E-state index contributed by atoms with van der Waals surface area (Å²) in [4.78, 5) is 0. The first-order valence-electron chi connectivity index (χ1n) is 5.05. The molecule has 3 rings (SSSR count). The third-order valence-electron chi connectivity index (χ3n) is 4.02. The summed E-state index contributed by atoms with van der Waals surface area (Å²) in [7, 11) is 0. The van der Waals surface area contributed by atoms with Gasteiger partial charge in [-0.15, -0.1) is 0 Å². The maximum Gasteiger partial charge on any atom is -0.00398 e. The van der Waals surface area contributed by atoms with Crippen LogP contribution in [0.2, 0.25) is 0 Å². The zero-order chi connectivity index (χ0) is 8.77. The third kappa shape index (κ3) is 0.957. The summed E-state index contributed by atoms with van der Waals surface area (Å²) in [5, 5.41) is 0. The molecule has 0 amide bonds. The molecule has 12 heavy (non-hydrogen) atoms. The Morgan fingerprint density at radius 3 is 2.83 bits per heavy atom. The van der Waals surface area contributed by atoms with Crippen LogP contribution in [0.1, 0.15) is 33.1 Å². The molecule has 2 bridgehead atoms. The van der Waals surface area contributed by atoms with Gasteiger partial charge in [-0.05, 0) is 43.1 Å². The van der Waals surface area contributed by atoms with Gasteiger partial charge in [0.1, 0.15) is 0 Å². The van der Waals surface area contributed by atoms with Crippen LogP contribution in [-0.2, 0) is 0 Å². The fraction of sp³-hybridized carbons (Fsp3) is 0.818. The lowest BCUT2D eigenvalue weighted by Crippen LogP contribution is -2.48. The van der Waals surface area contributed by atoms with E-state index in [1.807, 2.05) is 0 Å². The van der Waals surface area contributed by atoms with Crippen molar-refractivity contribution in [1.29, 1.82) is 0 Å². The van der Waals surface area contributed by atoms with E-state index in [0.29, 0.717) is 5.41 Å². The first kappa shape index (κ1) is 8.31. The third-order valence-corrected chi connectivity index (χ3v) is 4.02. The summed E-state index contributed by atoms with van der Waals surface area (Å²) >= 11 is 0. The van der Waals surface area contributed by atoms with Crippen molar-refractivity contribution in [3.8, 4) is 0 Å². The van der Waals surface area contributed by atoms with Gasteiger partial charge in [-0.3, -0.25) is 0 Å². The van der Waals surface area contributed by atoms with Crippen molar-refractivity contribution in [2.45, 2.75) is 33.1 Å². The Morgan fingerprint density at radius 2 is 2.33 bits per heavy atom. The molecule has 68 valence electrons. The Labute approximate surface area is 75.0 Å². The lowest BCUT2D eigenvalue weighted by Gasteiger charge is -2.56. The molecule has 0 aromatic rings. The first-order chi connectivity index (χ1) is 5.66. The molecule has 0 unspecified atom stereocenters. The minimum absolute atomic E-state index is 0.583. The molecule has 1 nitrogen and oxygen atoms in total. The summed E-state index contributed by atoms with van der Waals surface area (Å²) < 4.78 is 0. The van der Waals surface area contributed by atoms with Gasteiger partial charge in [0.05, 0.1) is 0 Å². The van der Waals surface area contributed by atoms with Crippen molar-refractivity contribution in [3.63, 3.8) is 0 Å². The second-order valence-electron chi connectivity index (χ2n) is 4.86. The van der Waals surface area contributed by atoms with Gasteiger partial charge in [0.2, 0.25) is 0 Å². The van der Waals surface area contributed by atoms with Crippen LogP contribution >= 0.6 is 0 Å². The quantitative estimate of drug-likeness (QED) is 0.624. The number of fused-ring (bicyclic) bond motifs is 1. The van der Waals surface area contributed by atoms with Crippen LogP contribution in [0.25, 0.3) is 0 Å². The van der Waals surface area contributed by atoms with Crippen LogP contribution in [0.4, 0.5) is 0 Å². The van der Waals surface area contributed by atoms with Gasteiger partial charge in [0.15, 0.2) is 0 Å². The van der Waals surface area contributed by atoms with Gasteiger partial charge in [-0.25, -0.2) is 0 Å². The normalized spacial score (nSPS) is 37.1. The Hall–Kier alpha value is -0.300. The molecule has 0 aromatic heterocycles. The van der Waals surface area contributed by atoms with E-state index in [4.69, 9.17) is 5.73 Å². The second-order valence-corrected chi connectivity index (χ2v) is 4.86. The van der Waals surface area contributed by atoms with E-state index in [0.717, 1.165) is 24.8 Å². The SMILES string of the molecule is CC1(C)[C@@H]2CC=C(CCN)[C@H]1C2. The van der Waals surface area contributed by atoms with E-state index < -0.39 is 0 Å². The molecule has 1 saturated carbocycles. The molecular weight excluding hydrogens is 146 g/mol. The summed E-state index contributed by atoms with van der Waals surface area (Å²) in [6.45, 7) is 5.65. The average molecular weight is 165 g/mol. The molecule has 0 spiro atoms. The highest BCUT2D eigenvalue weighted by molar-refractivity contribution is 5.23. The summed E-state index contributed by atoms with van der Waals surface area (Å²) in [6, 6.07) is 0. The van der Waals surface area contributed by atoms with Crippen LogP contribution in [0.15, 0.2) is 11.6 Å². The standard InChI is InChI=1S/C11H19N/c1-11(2)9-4-3-8(5-6-12)10(11)7-9/h3,9-10H,4-7,12H2,1-2H3/t9-,10-/m1/s1. The molecule has 0 heterocycles. The molecule has 0 radical (unpaired) electrons. The molecule has 3 aliphatic rings. The molecule has 0 aliphatic heterocycles. The predicted octanol–water partition coefficient (Wildman–Crippen LogP) is 2.33. The Kier molecular flexibility index (Phi) is 1.80. The van der Waals surface area contributed by atoms with E-state index >= 15 is 0 Å². The monoisotopic (exact) mass is 165 g/mol. The molecule has 0 aromatic carbocycles. The largest absolute Gasteiger partial charge is 0.330 e. The van der Waals surface area contributed by atoms with E-state index in [1.54, 1.807) is 5.57 Å². The van der Waals surface area contributed by atoms with Gasteiger partial charge in [-0.1, -0.05) is 25.5 Å². The zero-order valence-corrected chi connectivity index (χ0v) is 8.14. The predicted molar refractivity (Wildman–Crippen MR) is 51.7 cm³/mol. The molecular formula is C11H19N. The Bertz CT molecular complexity index is 215. The number of rotatable bonds is 2. The minimum atomic E-state index is 0.583. The van der Waals surface area contributed by atoms with E-state index in [-0.39, 0.29) is 0 Å². The highest BCUT2D eigenvalue weighted by atomic mass is 14.6. The highest BCUT2D eigenvalue weighted by Gasteiger charge is 2.50. The Morgan fingerprint density at radius 1 is 1.58 bits per heavy atom. The highest BCUT2D eigenvalue weighted by Crippen LogP contribution is 2.59. The molecule has 2 atom stereocenters. The summed E-state index contributed by atoms with van der Waals surface area (Å²) in [5.74, 6) is 1.82. The lowest BCUT2D eigenvalue weighted by molar-refractivity contribution is -0.00797. The van der Waals surface area contributed by atoms with Crippen molar-refractivity contribution < 1.29 is 0 Å². The van der Waals surface area contributed by atoms with Crippen LogP contribution in [0.3, 0.4) is 0 Å². The van der Waals surface area contributed by atoms with Crippen molar-refractivity contribution in [2.75, 3.05) is 6.54 Å². The van der Waals surface area contributed by atoms with E-state index in [2.05, 4.69) is 19.9 Å². The molecule has 1 fully saturated rings. The van der Waals surface area contributed by atoms with Crippen molar-refractivity contribution in [2.24, 2.45) is 23.0 Å². The average Bonchev–Trinajstić information content (AvgIpc) is 2.05. The van der Waals surface area contributed by atoms with Crippen LogP contribution in [-0.4, -0.2) is 6.54 Å². The van der Waals surface area contributed by atoms with Crippen molar-refractivity contribution >= 4 is 0 Å². The molecule has 2 N–H and O–H groups in total. The number of nitrogens with two attached hydrogens (primary N) is 1. The molecule has 1 heteroatoms. The summed E-state index contributed by atoms with van der Waals surface area (Å²) in [5.41, 5.74) is 7.81. The number of hydrogen-bond acceptors (Lipinski definition) is 1. The van der Waals surface area contributed by atoms with Crippen LogP contribution in [0.5, 0.6) is 0 Å². The molecule has 0 saturated heterocycles. The Balaban J connectivity index is 2.13. The van der Waals surface area contributed by atoms with Gasteiger partial charge in [0, 0.05) is 0 Å². The fourth-order valence-corrected chi connectivity index (χ4v) is 2.92. The minimum Gasteiger partial charge on any atom is -0.330 e. The van der Waals surface area contributed by atoms with Gasteiger partial charge < -0.3 is 5.73 Å². The number of allylic oxidation sites excluding steroid dienone is 1. The maximum atomic E-state index is 5.59. The van der Waals surface area contributed by atoms with Gasteiger partial charge in [0.25, 0.3) is 0 Å². The van der Waals surface area contributed by atoms with E-state index in [1.165, 1.54) is 12.8 Å². The smallest absolute Gasteiger partial charge is 0.00398 e.